The second-order valence-corrected chi connectivity index (χ2v) is 3.61. The highest BCUT2D eigenvalue weighted by Gasteiger charge is 2.22. The highest BCUT2D eigenvalue weighted by Crippen LogP contribution is 2.22. The molecule has 0 radical (unpaired) electrons. The van der Waals surface area contributed by atoms with E-state index in [2.05, 4.69) is 4.74 Å². The van der Waals surface area contributed by atoms with Crippen molar-refractivity contribution in [2.75, 3.05) is 12.8 Å². The number of methoxy groups -OCH3 is 1. The molecule has 0 bridgehead atoms. The predicted octanol–water partition coefficient (Wildman–Crippen LogP) is 0.365. The Hall–Kier alpha value is -1.66. The van der Waals surface area contributed by atoms with Gasteiger partial charge in [-0.25, -0.2) is 4.39 Å². The molecule has 1 aromatic rings. The van der Waals surface area contributed by atoms with Crippen molar-refractivity contribution in [2.24, 2.45) is 0 Å². The van der Waals surface area contributed by atoms with E-state index in [-0.39, 0.29) is 17.7 Å². The summed E-state index contributed by atoms with van der Waals surface area (Å²) in [5, 5.41) is 19.2. The van der Waals surface area contributed by atoms with Gasteiger partial charge in [-0.1, -0.05) is 0 Å². The van der Waals surface area contributed by atoms with Crippen LogP contribution in [0.1, 0.15) is 18.1 Å². The Kier molecular flexibility index (Phi) is 4.42. The first-order valence-electron chi connectivity index (χ1n) is 4.93. The molecule has 0 saturated carbocycles. The Bertz CT molecular complexity index is 390. The fraction of sp³-hybridized carbons (Fsp3) is 0.364. The van der Waals surface area contributed by atoms with Gasteiger partial charge in [-0.3, -0.25) is 4.79 Å². The van der Waals surface area contributed by atoms with E-state index in [0.29, 0.717) is 0 Å². The third kappa shape index (κ3) is 3.69. The fourth-order valence-electron chi connectivity index (χ4n) is 1.39. The van der Waals surface area contributed by atoms with E-state index >= 15 is 0 Å². The predicted molar refractivity (Wildman–Crippen MR) is 58.4 cm³/mol. The lowest BCUT2D eigenvalue weighted by Crippen LogP contribution is -2.22. The van der Waals surface area contributed by atoms with E-state index in [9.17, 15) is 19.4 Å². The molecular weight excluding hydrogens is 229 g/mol. The van der Waals surface area contributed by atoms with Crippen molar-refractivity contribution in [3.05, 3.63) is 29.6 Å². The molecule has 0 aliphatic rings. The number of halogens is 1. The van der Waals surface area contributed by atoms with Crippen LogP contribution in [0.4, 0.5) is 10.1 Å². The highest BCUT2D eigenvalue weighted by atomic mass is 19.1. The summed E-state index contributed by atoms with van der Waals surface area (Å²) in [5.41, 5.74) is 5.64. The number of ether oxygens (including phenoxy) is 1. The van der Waals surface area contributed by atoms with Gasteiger partial charge in [0.1, 0.15) is 11.9 Å². The summed E-state index contributed by atoms with van der Waals surface area (Å²) in [5.74, 6) is -1.29. The SMILES string of the molecule is COC(=O)CC(O)C(O)c1cc(N)cc(F)c1. The number of benzene rings is 1. The molecule has 0 spiro atoms. The van der Waals surface area contributed by atoms with Gasteiger partial charge in [0.05, 0.1) is 19.6 Å². The maximum absolute atomic E-state index is 13.0. The first kappa shape index (κ1) is 13.4. The number of aliphatic hydroxyl groups is 2. The van der Waals surface area contributed by atoms with E-state index in [0.717, 1.165) is 12.1 Å². The molecule has 0 amide bonds. The molecule has 2 atom stereocenters. The number of hydrogen-bond donors (Lipinski definition) is 3. The van der Waals surface area contributed by atoms with Gasteiger partial charge >= 0.3 is 5.97 Å². The minimum Gasteiger partial charge on any atom is -0.469 e. The lowest BCUT2D eigenvalue weighted by atomic mass is 10.0. The average molecular weight is 243 g/mol. The van der Waals surface area contributed by atoms with Crippen molar-refractivity contribution in [3.63, 3.8) is 0 Å². The molecule has 2 unspecified atom stereocenters. The molecule has 17 heavy (non-hydrogen) atoms. The van der Waals surface area contributed by atoms with E-state index in [1.54, 1.807) is 0 Å². The van der Waals surface area contributed by atoms with Crippen LogP contribution in [0.5, 0.6) is 0 Å². The van der Waals surface area contributed by atoms with Gasteiger partial charge in [-0.15, -0.1) is 0 Å². The molecule has 94 valence electrons. The topological polar surface area (TPSA) is 92.8 Å². The highest BCUT2D eigenvalue weighted by molar-refractivity contribution is 5.69. The van der Waals surface area contributed by atoms with Gasteiger partial charge in [0.2, 0.25) is 0 Å². The quantitative estimate of drug-likeness (QED) is 0.524. The van der Waals surface area contributed by atoms with Crippen LogP contribution in [-0.4, -0.2) is 29.4 Å². The Morgan fingerprint density at radius 1 is 1.47 bits per heavy atom. The number of esters is 1. The van der Waals surface area contributed by atoms with Crippen molar-refractivity contribution in [1.82, 2.24) is 0 Å². The summed E-state index contributed by atoms with van der Waals surface area (Å²) in [6.07, 6.45) is -3.15. The lowest BCUT2D eigenvalue weighted by Gasteiger charge is -2.17. The zero-order valence-corrected chi connectivity index (χ0v) is 9.26. The number of carbonyl (C=O) groups excluding carboxylic acids is 1. The summed E-state index contributed by atoms with van der Waals surface area (Å²) in [7, 11) is 1.17. The zero-order valence-electron chi connectivity index (χ0n) is 9.26. The van der Waals surface area contributed by atoms with Gasteiger partial charge in [0.25, 0.3) is 0 Å². The van der Waals surface area contributed by atoms with Crippen LogP contribution in [0.15, 0.2) is 18.2 Å². The van der Waals surface area contributed by atoms with Gasteiger partial charge in [0, 0.05) is 5.69 Å². The summed E-state index contributed by atoms with van der Waals surface area (Å²) < 4.78 is 17.4. The fourth-order valence-corrected chi connectivity index (χ4v) is 1.39. The van der Waals surface area contributed by atoms with Gasteiger partial charge in [0.15, 0.2) is 0 Å². The van der Waals surface area contributed by atoms with E-state index in [1.165, 1.54) is 13.2 Å². The summed E-state index contributed by atoms with van der Waals surface area (Å²) in [4.78, 5) is 10.9. The number of rotatable bonds is 4. The molecular formula is C11H14FNO4. The van der Waals surface area contributed by atoms with Crippen LogP contribution in [0.3, 0.4) is 0 Å². The zero-order chi connectivity index (χ0) is 13.0. The smallest absolute Gasteiger partial charge is 0.308 e. The summed E-state index contributed by atoms with van der Waals surface area (Å²) in [6, 6.07) is 3.46. The average Bonchev–Trinajstić information content (AvgIpc) is 2.26. The van der Waals surface area contributed by atoms with Crippen LogP contribution < -0.4 is 5.73 Å². The number of aliphatic hydroxyl groups excluding tert-OH is 2. The van der Waals surface area contributed by atoms with Gasteiger partial charge in [-0.2, -0.15) is 0 Å². The first-order chi connectivity index (χ1) is 7.93. The van der Waals surface area contributed by atoms with E-state index < -0.39 is 24.0 Å². The molecule has 0 aromatic heterocycles. The maximum atomic E-state index is 13.0. The number of nitrogens with two attached hydrogens (primary N) is 1. The summed E-state index contributed by atoms with van der Waals surface area (Å²) in [6.45, 7) is 0. The number of nitrogen functional groups attached to an aromatic ring is 1. The first-order valence-corrected chi connectivity index (χ1v) is 4.93. The molecule has 6 heteroatoms. The summed E-state index contributed by atoms with van der Waals surface area (Å²) >= 11 is 0. The molecule has 0 saturated heterocycles. The van der Waals surface area contributed by atoms with Crippen LogP contribution in [-0.2, 0) is 9.53 Å². The third-order valence-electron chi connectivity index (χ3n) is 2.25. The Balaban J connectivity index is 2.80. The molecule has 0 fully saturated rings. The molecule has 4 N–H and O–H groups in total. The standard InChI is InChI=1S/C11H14FNO4/c1-17-10(15)5-9(14)11(16)6-2-7(12)4-8(13)3-6/h2-4,9,11,14,16H,5,13H2,1H3. The van der Waals surface area contributed by atoms with Crippen molar-refractivity contribution in [1.29, 1.82) is 0 Å². The maximum Gasteiger partial charge on any atom is 0.308 e. The number of hydrogen-bond acceptors (Lipinski definition) is 5. The van der Waals surface area contributed by atoms with E-state index in [1.807, 2.05) is 0 Å². The Morgan fingerprint density at radius 3 is 2.65 bits per heavy atom. The Morgan fingerprint density at radius 2 is 2.12 bits per heavy atom. The minimum atomic E-state index is -1.40. The third-order valence-corrected chi connectivity index (χ3v) is 2.25. The van der Waals surface area contributed by atoms with Crippen LogP contribution >= 0.6 is 0 Å². The van der Waals surface area contributed by atoms with E-state index in [4.69, 9.17) is 5.73 Å². The molecule has 0 heterocycles. The lowest BCUT2D eigenvalue weighted by molar-refractivity contribution is -0.144. The molecule has 1 aromatic carbocycles. The number of anilines is 1. The van der Waals surface area contributed by atoms with Crippen molar-refractivity contribution in [2.45, 2.75) is 18.6 Å². The van der Waals surface area contributed by atoms with Crippen LogP contribution in [0.2, 0.25) is 0 Å². The van der Waals surface area contributed by atoms with Gasteiger partial charge < -0.3 is 20.7 Å². The van der Waals surface area contributed by atoms with Crippen molar-refractivity contribution >= 4 is 11.7 Å². The Labute approximate surface area is 97.6 Å². The molecule has 0 aliphatic carbocycles. The molecule has 0 aliphatic heterocycles. The monoisotopic (exact) mass is 243 g/mol. The van der Waals surface area contributed by atoms with Crippen molar-refractivity contribution in [3.8, 4) is 0 Å². The van der Waals surface area contributed by atoms with Crippen molar-refractivity contribution < 1.29 is 24.1 Å². The van der Waals surface area contributed by atoms with Crippen LogP contribution in [0.25, 0.3) is 0 Å². The number of carbonyl (C=O) groups is 1. The second-order valence-electron chi connectivity index (χ2n) is 3.61. The molecule has 5 nitrogen and oxygen atoms in total. The van der Waals surface area contributed by atoms with Gasteiger partial charge in [-0.05, 0) is 23.8 Å². The normalized spacial score (nSPS) is 14.1. The minimum absolute atomic E-state index is 0.110. The van der Waals surface area contributed by atoms with Crippen LogP contribution in [0, 0.1) is 5.82 Å². The molecule has 1 rings (SSSR count). The second kappa shape index (κ2) is 5.60. The largest absolute Gasteiger partial charge is 0.469 e.